The summed E-state index contributed by atoms with van der Waals surface area (Å²) in [5.41, 5.74) is 2.29. The quantitative estimate of drug-likeness (QED) is 0.805. The molecule has 1 aliphatic rings. The Kier molecular flexibility index (Phi) is 4.68. The van der Waals surface area contributed by atoms with E-state index in [1.807, 2.05) is 29.0 Å². The van der Waals surface area contributed by atoms with Crippen molar-refractivity contribution in [1.82, 2.24) is 10.6 Å². The number of amides is 2. The number of aryl methyl sites for hydroxylation is 1. The molecule has 1 heterocycles. The van der Waals surface area contributed by atoms with Crippen molar-refractivity contribution in [2.75, 3.05) is 6.54 Å². The fraction of sp³-hybridized carbons (Fsp3) is 0.389. The Hall–Kier alpha value is -1.85. The van der Waals surface area contributed by atoms with Crippen LogP contribution in [0.15, 0.2) is 41.1 Å². The fourth-order valence-electron chi connectivity index (χ4n) is 3.04. The highest BCUT2D eigenvalue weighted by Gasteiger charge is 2.26. The van der Waals surface area contributed by atoms with Crippen LogP contribution in [0.4, 0.5) is 4.79 Å². The molecular weight excluding hydrogens is 308 g/mol. The highest BCUT2D eigenvalue weighted by molar-refractivity contribution is 7.08. The van der Waals surface area contributed by atoms with Gasteiger partial charge >= 0.3 is 6.03 Å². The first-order valence-corrected chi connectivity index (χ1v) is 8.88. The molecule has 0 saturated heterocycles. The second-order valence-corrected chi connectivity index (χ2v) is 7.04. The molecule has 3 N–H and O–H groups in total. The summed E-state index contributed by atoms with van der Waals surface area (Å²) in [4.78, 5) is 12.2. The van der Waals surface area contributed by atoms with Gasteiger partial charge in [0.15, 0.2) is 0 Å². The van der Waals surface area contributed by atoms with Crippen LogP contribution in [0.5, 0.6) is 0 Å². The molecule has 5 heteroatoms. The Labute approximate surface area is 140 Å². The maximum absolute atomic E-state index is 12.2. The average Bonchev–Trinajstić information content (AvgIpc) is 3.09. The monoisotopic (exact) mass is 330 g/mol. The van der Waals surface area contributed by atoms with Crippen LogP contribution in [-0.4, -0.2) is 17.7 Å². The van der Waals surface area contributed by atoms with Crippen LogP contribution < -0.4 is 10.6 Å². The molecule has 2 atom stereocenters. The number of rotatable bonds is 4. The summed E-state index contributed by atoms with van der Waals surface area (Å²) >= 11 is 1.53. The Morgan fingerprint density at radius 1 is 1.39 bits per heavy atom. The number of benzene rings is 1. The maximum Gasteiger partial charge on any atom is 0.315 e. The number of fused-ring (bicyclic) bond motifs is 1. The van der Waals surface area contributed by atoms with Crippen LogP contribution in [0.1, 0.15) is 42.5 Å². The first-order valence-electron chi connectivity index (χ1n) is 7.93. The number of aliphatic hydroxyl groups is 1. The molecule has 1 aliphatic carbocycles. The van der Waals surface area contributed by atoms with Gasteiger partial charge in [0.1, 0.15) is 5.60 Å². The molecule has 1 aromatic heterocycles. The van der Waals surface area contributed by atoms with E-state index in [0.717, 1.165) is 24.8 Å². The predicted octanol–water partition coefficient (Wildman–Crippen LogP) is 3.33. The van der Waals surface area contributed by atoms with Crippen LogP contribution in [0.3, 0.4) is 0 Å². The lowest BCUT2D eigenvalue weighted by atomic mass is 9.88. The van der Waals surface area contributed by atoms with Crippen molar-refractivity contribution in [3.8, 4) is 0 Å². The molecule has 0 radical (unpaired) electrons. The first-order chi connectivity index (χ1) is 11.1. The van der Waals surface area contributed by atoms with E-state index >= 15 is 0 Å². The van der Waals surface area contributed by atoms with Crippen LogP contribution in [0.25, 0.3) is 0 Å². The van der Waals surface area contributed by atoms with E-state index in [9.17, 15) is 9.90 Å². The van der Waals surface area contributed by atoms with Crippen LogP contribution in [-0.2, 0) is 12.0 Å². The van der Waals surface area contributed by atoms with Gasteiger partial charge in [-0.1, -0.05) is 24.3 Å². The summed E-state index contributed by atoms with van der Waals surface area (Å²) in [7, 11) is 0. The van der Waals surface area contributed by atoms with Crippen molar-refractivity contribution in [3.63, 3.8) is 0 Å². The number of carbonyl (C=O) groups excluding carboxylic acids is 1. The molecule has 2 amide bonds. The summed E-state index contributed by atoms with van der Waals surface area (Å²) in [6.07, 6.45) is 3.10. The Bertz CT molecular complexity index is 667. The van der Waals surface area contributed by atoms with Crippen molar-refractivity contribution < 1.29 is 9.90 Å². The van der Waals surface area contributed by atoms with Crippen molar-refractivity contribution >= 4 is 17.4 Å². The SMILES string of the molecule is CC(O)(CNC(=O)NC1CCCc2ccccc21)c1ccsc1. The molecule has 0 saturated carbocycles. The van der Waals surface area contributed by atoms with Crippen molar-refractivity contribution in [2.24, 2.45) is 0 Å². The molecule has 4 nitrogen and oxygen atoms in total. The zero-order valence-electron chi connectivity index (χ0n) is 13.2. The molecular formula is C18H22N2O2S. The number of thiophene rings is 1. The Balaban J connectivity index is 1.58. The van der Waals surface area contributed by atoms with E-state index in [1.54, 1.807) is 6.92 Å². The van der Waals surface area contributed by atoms with Gasteiger partial charge in [-0.05, 0) is 59.7 Å². The Morgan fingerprint density at radius 3 is 3.00 bits per heavy atom. The minimum Gasteiger partial charge on any atom is -0.384 e. The molecule has 2 unspecified atom stereocenters. The standard InChI is InChI=1S/C18H22N2O2S/c1-18(22,14-9-10-23-11-14)12-19-17(21)20-16-8-4-6-13-5-2-3-7-15(13)16/h2-3,5,7,9-11,16,22H,4,6,8,12H2,1H3,(H2,19,20,21). The maximum atomic E-state index is 12.2. The largest absolute Gasteiger partial charge is 0.384 e. The Morgan fingerprint density at radius 2 is 2.22 bits per heavy atom. The van der Waals surface area contributed by atoms with Gasteiger partial charge in [0.25, 0.3) is 0 Å². The van der Waals surface area contributed by atoms with Gasteiger partial charge in [-0.25, -0.2) is 4.79 Å². The van der Waals surface area contributed by atoms with Gasteiger partial charge in [-0.3, -0.25) is 0 Å². The molecule has 3 rings (SSSR count). The van der Waals surface area contributed by atoms with E-state index in [1.165, 1.54) is 22.5 Å². The van der Waals surface area contributed by atoms with Gasteiger partial charge in [0.05, 0.1) is 12.6 Å². The predicted molar refractivity (Wildman–Crippen MR) is 92.5 cm³/mol. The lowest BCUT2D eigenvalue weighted by Crippen LogP contribution is -2.44. The second-order valence-electron chi connectivity index (χ2n) is 6.26. The number of hydrogen-bond donors (Lipinski definition) is 3. The molecule has 23 heavy (non-hydrogen) atoms. The summed E-state index contributed by atoms with van der Waals surface area (Å²) in [6.45, 7) is 1.90. The van der Waals surface area contributed by atoms with Crippen molar-refractivity contribution in [1.29, 1.82) is 0 Å². The van der Waals surface area contributed by atoms with Crippen molar-refractivity contribution in [3.05, 3.63) is 57.8 Å². The van der Waals surface area contributed by atoms with E-state index in [4.69, 9.17) is 0 Å². The zero-order chi connectivity index (χ0) is 16.3. The summed E-state index contributed by atoms with van der Waals surface area (Å²) < 4.78 is 0. The second kappa shape index (κ2) is 6.72. The lowest BCUT2D eigenvalue weighted by molar-refractivity contribution is 0.0597. The highest BCUT2D eigenvalue weighted by Crippen LogP contribution is 2.29. The van der Waals surface area contributed by atoms with Crippen LogP contribution in [0.2, 0.25) is 0 Å². The summed E-state index contributed by atoms with van der Waals surface area (Å²) in [5.74, 6) is 0. The van der Waals surface area contributed by atoms with Gasteiger partial charge in [0, 0.05) is 0 Å². The molecule has 2 aromatic rings. The van der Waals surface area contributed by atoms with E-state index in [-0.39, 0.29) is 18.6 Å². The van der Waals surface area contributed by atoms with Crippen LogP contribution >= 0.6 is 11.3 Å². The van der Waals surface area contributed by atoms with Crippen molar-refractivity contribution in [2.45, 2.75) is 37.8 Å². The van der Waals surface area contributed by atoms with Gasteiger partial charge < -0.3 is 15.7 Å². The third kappa shape index (κ3) is 3.74. The minimum atomic E-state index is -1.05. The number of urea groups is 1. The number of nitrogens with one attached hydrogen (secondary N) is 2. The van der Waals surface area contributed by atoms with Gasteiger partial charge in [-0.15, -0.1) is 0 Å². The normalized spacial score (nSPS) is 19.5. The molecule has 0 bridgehead atoms. The number of hydrogen-bond acceptors (Lipinski definition) is 3. The van der Waals surface area contributed by atoms with Crippen LogP contribution in [0, 0.1) is 0 Å². The topological polar surface area (TPSA) is 61.4 Å². The smallest absolute Gasteiger partial charge is 0.315 e. The molecule has 0 fully saturated rings. The average molecular weight is 330 g/mol. The van der Waals surface area contributed by atoms with Gasteiger partial charge in [-0.2, -0.15) is 11.3 Å². The summed E-state index contributed by atoms with van der Waals surface area (Å²) in [6, 6.07) is 9.95. The third-order valence-corrected chi connectivity index (χ3v) is 5.09. The van der Waals surface area contributed by atoms with Gasteiger partial charge in [0.2, 0.25) is 0 Å². The molecule has 0 aliphatic heterocycles. The lowest BCUT2D eigenvalue weighted by Gasteiger charge is -2.28. The third-order valence-electron chi connectivity index (χ3n) is 4.41. The molecule has 122 valence electrons. The molecule has 1 aromatic carbocycles. The highest BCUT2D eigenvalue weighted by atomic mass is 32.1. The van der Waals surface area contributed by atoms with E-state index in [0.29, 0.717) is 0 Å². The van der Waals surface area contributed by atoms with E-state index < -0.39 is 5.60 Å². The summed E-state index contributed by atoms with van der Waals surface area (Å²) in [5, 5.41) is 20.1. The number of carbonyl (C=O) groups is 1. The zero-order valence-corrected chi connectivity index (χ0v) is 14.0. The van der Waals surface area contributed by atoms with E-state index in [2.05, 4.69) is 22.8 Å². The molecule has 0 spiro atoms. The fourth-order valence-corrected chi connectivity index (χ4v) is 3.82. The first kappa shape index (κ1) is 16.0. The minimum absolute atomic E-state index is 0.0473.